The highest BCUT2D eigenvalue weighted by Crippen LogP contribution is 2.46. The Morgan fingerprint density at radius 2 is 1.59 bits per heavy atom. The van der Waals surface area contributed by atoms with Gasteiger partial charge in [0.15, 0.2) is 0 Å². The van der Waals surface area contributed by atoms with E-state index < -0.39 is 15.6 Å². The summed E-state index contributed by atoms with van der Waals surface area (Å²) in [6.07, 6.45) is 6.97. The van der Waals surface area contributed by atoms with E-state index in [1.807, 2.05) is 0 Å². The van der Waals surface area contributed by atoms with E-state index in [1.165, 1.54) is 4.31 Å². The standard InChI is InChI=1S/C12H21NO3S/c14-12(10-6-7-10)8-13(9-12)17(15,16)11-4-2-1-3-5-11/h10-11,14H,1-9H2. The quantitative estimate of drug-likeness (QED) is 0.826. The molecule has 1 N–H and O–H groups in total. The van der Waals surface area contributed by atoms with Crippen LogP contribution < -0.4 is 0 Å². The molecule has 0 spiro atoms. The molecule has 5 heteroatoms. The van der Waals surface area contributed by atoms with E-state index in [4.69, 9.17) is 0 Å². The number of hydrogen-bond donors (Lipinski definition) is 1. The summed E-state index contributed by atoms with van der Waals surface area (Å²) in [6, 6.07) is 0. The van der Waals surface area contributed by atoms with Crippen molar-refractivity contribution in [3.05, 3.63) is 0 Å². The molecule has 4 nitrogen and oxygen atoms in total. The zero-order chi connectivity index (χ0) is 12.1. The average molecular weight is 259 g/mol. The minimum Gasteiger partial charge on any atom is -0.387 e. The highest BCUT2D eigenvalue weighted by Gasteiger charge is 2.56. The summed E-state index contributed by atoms with van der Waals surface area (Å²) in [5.74, 6) is 0.361. The molecule has 3 fully saturated rings. The molecule has 1 aliphatic heterocycles. The largest absolute Gasteiger partial charge is 0.387 e. The topological polar surface area (TPSA) is 57.6 Å². The molecule has 3 rings (SSSR count). The molecule has 0 atom stereocenters. The van der Waals surface area contributed by atoms with Crippen molar-refractivity contribution in [1.29, 1.82) is 0 Å². The van der Waals surface area contributed by atoms with Crippen LogP contribution in [0.3, 0.4) is 0 Å². The molecule has 17 heavy (non-hydrogen) atoms. The van der Waals surface area contributed by atoms with Gasteiger partial charge in [-0.1, -0.05) is 19.3 Å². The minimum absolute atomic E-state index is 0.181. The second-order valence-electron chi connectivity index (χ2n) is 5.95. The first-order chi connectivity index (χ1) is 8.02. The van der Waals surface area contributed by atoms with E-state index in [-0.39, 0.29) is 5.25 Å². The molecule has 0 aromatic heterocycles. The van der Waals surface area contributed by atoms with Crippen molar-refractivity contribution in [2.75, 3.05) is 13.1 Å². The molecule has 0 aromatic rings. The van der Waals surface area contributed by atoms with Crippen LogP contribution in [0.2, 0.25) is 0 Å². The Labute approximate surface area is 103 Å². The number of sulfonamides is 1. The lowest BCUT2D eigenvalue weighted by atomic mass is 9.91. The van der Waals surface area contributed by atoms with Crippen molar-refractivity contribution >= 4 is 10.0 Å². The van der Waals surface area contributed by atoms with Gasteiger partial charge in [0.2, 0.25) is 10.0 Å². The first kappa shape index (κ1) is 11.9. The zero-order valence-electron chi connectivity index (χ0n) is 10.1. The maximum atomic E-state index is 12.3. The van der Waals surface area contributed by atoms with Gasteiger partial charge in [-0.25, -0.2) is 8.42 Å². The number of aliphatic hydroxyl groups is 1. The molecule has 0 bridgehead atoms. The van der Waals surface area contributed by atoms with Crippen molar-refractivity contribution in [2.45, 2.75) is 55.8 Å². The summed E-state index contributed by atoms with van der Waals surface area (Å²) < 4.78 is 26.1. The summed E-state index contributed by atoms with van der Waals surface area (Å²) in [4.78, 5) is 0. The van der Waals surface area contributed by atoms with Crippen LogP contribution in [0, 0.1) is 5.92 Å². The highest BCUT2D eigenvalue weighted by atomic mass is 32.2. The van der Waals surface area contributed by atoms with Crippen LogP contribution >= 0.6 is 0 Å². The molecule has 1 saturated heterocycles. The van der Waals surface area contributed by atoms with Crippen LogP contribution in [0.1, 0.15) is 44.9 Å². The summed E-state index contributed by atoms with van der Waals surface area (Å²) in [5.41, 5.74) is -0.693. The van der Waals surface area contributed by atoms with E-state index in [0.29, 0.717) is 19.0 Å². The molecule has 0 radical (unpaired) electrons. The van der Waals surface area contributed by atoms with Gasteiger partial charge in [-0.2, -0.15) is 4.31 Å². The molecule has 0 unspecified atom stereocenters. The van der Waals surface area contributed by atoms with Crippen molar-refractivity contribution in [2.24, 2.45) is 5.92 Å². The second kappa shape index (κ2) is 3.93. The van der Waals surface area contributed by atoms with Crippen molar-refractivity contribution in [3.8, 4) is 0 Å². The normalized spacial score (nSPS) is 31.1. The fraction of sp³-hybridized carbons (Fsp3) is 1.00. The molecule has 2 aliphatic carbocycles. The minimum atomic E-state index is -3.13. The Bertz CT molecular complexity index is 390. The fourth-order valence-corrected chi connectivity index (χ4v) is 5.35. The van der Waals surface area contributed by atoms with E-state index in [0.717, 1.165) is 44.9 Å². The maximum Gasteiger partial charge on any atom is 0.217 e. The summed E-state index contributed by atoms with van der Waals surface area (Å²) >= 11 is 0. The van der Waals surface area contributed by atoms with Crippen LogP contribution in [-0.4, -0.2) is 41.8 Å². The van der Waals surface area contributed by atoms with E-state index in [2.05, 4.69) is 0 Å². The fourth-order valence-electron chi connectivity index (χ4n) is 3.20. The predicted molar refractivity (Wildman–Crippen MR) is 65.0 cm³/mol. The Balaban J connectivity index is 1.64. The van der Waals surface area contributed by atoms with Crippen LogP contribution in [0.15, 0.2) is 0 Å². The second-order valence-corrected chi connectivity index (χ2v) is 8.16. The van der Waals surface area contributed by atoms with E-state index >= 15 is 0 Å². The first-order valence-corrected chi connectivity index (χ1v) is 8.24. The molecule has 0 amide bonds. The molecular weight excluding hydrogens is 238 g/mol. The highest BCUT2D eigenvalue weighted by molar-refractivity contribution is 7.89. The first-order valence-electron chi connectivity index (χ1n) is 6.74. The molecule has 2 saturated carbocycles. The average Bonchev–Trinajstić information content (AvgIpc) is 3.10. The number of β-amino-alcohol motifs (C(OH)–C–C–N with tert-alkyl or cyclic N) is 1. The Kier molecular flexibility index (Phi) is 2.76. The molecule has 0 aromatic carbocycles. The van der Waals surface area contributed by atoms with Crippen molar-refractivity contribution in [3.63, 3.8) is 0 Å². The van der Waals surface area contributed by atoms with Gasteiger partial charge in [-0.05, 0) is 31.6 Å². The number of nitrogens with zero attached hydrogens (tertiary/aromatic N) is 1. The lowest BCUT2D eigenvalue weighted by Crippen LogP contribution is -2.65. The van der Waals surface area contributed by atoms with Crippen LogP contribution in [-0.2, 0) is 10.0 Å². The predicted octanol–water partition coefficient (Wildman–Crippen LogP) is 1.11. The van der Waals surface area contributed by atoms with Gasteiger partial charge in [0.1, 0.15) is 0 Å². The van der Waals surface area contributed by atoms with Gasteiger partial charge < -0.3 is 5.11 Å². The Hall–Kier alpha value is -0.130. The van der Waals surface area contributed by atoms with Crippen molar-refractivity contribution in [1.82, 2.24) is 4.31 Å². The molecule has 1 heterocycles. The molecule has 3 aliphatic rings. The van der Waals surface area contributed by atoms with Crippen LogP contribution in [0.5, 0.6) is 0 Å². The maximum absolute atomic E-state index is 12.3. The van der Waals surface area contributed by atoms with Gasteiger partial charge in [0.05, 0.1) is 10.9 Å². The molecule has 98 valence electrons. The third kappa shape index (κ3) is 2.02. The lowest BCUT2D eigenvalue weighted by Gasteiger charge is -2.47. The van der Waals surface area contributed by atoms with Gasteiger partial charge in [-0.3, -0.25) is 0 Å². The van der Waals surface area contributed by atoms with Crippen LogP contribution in [0.4, 0.5) is 0 Å². The Morgan fingerprint density at radius 1 is 1.00 bits per heavy atom. The monoisotopic (exact) mass is 259 g/mol. The van der Waals surface area contributed by atoms with E-state index in [1.54, 1.807) is 0 Å². The van der Waals surface area contributed by atoms with Gasteiger partial charge in [0.25, 0.3) is 0 Å². The molecular formula is C12H21NO3S. The van der Waals surface area contributed by atoms with Crippen LogP contribution in [0.25, 0.3) is 0 Å². The third-order valence-corrected chi connectivity index (χ3v) is 6.86. The number of rotatable bonds is 3. The Morgan fingerprint density at radius 3 is 2.12 bits per heavy atom. The zero-order valence-corrected chi connectivity index (χ0v) is 11.0. The lowest BCUT2D eigenvalue weighted by molar-refractivity contribution is -0.0769. The smallest absolute Gasteiger partial charge is 0.217 e. The summed E-state index contributed by atoms with van der Waals surface area (Å²) in [6.45, 7) is 0.688. The van der Waals surface area contributed by atoms with Crippen molar-refractivity contribution < 1.29 is 13.5 Å². The van der Waals surface area contributed by atoms with Gasteiger partial charge in [0, 0.05) is 13.1 Å². The van der Waals surface area contributed by atoms with E-state index in [9.17, 15) is 13.5 Å². The number of hydrogen-bond acceptors (Lipinski definition) is 3. The van der Waals surface area contributed by atoms with Gasteiger partial charge >= 0.3 is 0 Å². The van der Waals surface area contributed by atoms with Gasteiger partial charge in [-0.15, -0.1) is 0 Å². The third-order valence-electron chi connectivity index (χ3n) is 4.57. The summed E-state index contributed by atoms with van der Waals surface area (Å²) in [5, 5.41) is 10.00. The SMILES string of the molecule is O=S(=O)(C1CCCCC1)N1CC(O)(C2CC2)C1. The summed E-state index contributed by atoms with van der Waals surface area (Å²) in [7, 11) is -3.13.